The number of nitrogens with zero attached hydrogens (tertiary/aromatic N) is 15. The Kier molecular flexibility index (Phi) is 22.2. The van der Waals surface area contributed by atoms with Gasteiger partial charge in [0.05, 0.1) is 125 Å². The lowest BCUT2D eigenvalue weighted by Crippen LogP contribution is -2.61. The SMILES string of the molecule is CC1(C)C(=O)/C(=C\O)C[C@]2(C)c3nc4ccnn4cc3CC[C@@H]12.CC1(C)C(=O)CC[C@]2(C)c3nc4ccnn4cc3CC[C@@H]12.CC1(C)[C@@H]2CC/C(=C\O)C(=O)[C@@]2(C)CCC12OCCO2.CC1(C)[C@@H]2CCc3cn4nccc4nc3[C@@]2(C)CCC12OCCO2.CC1(C)[C@@H]2CCc3cn4nccc4nc3[C@@]2(C)CCC12OCCO2.CC1(C)[C@@H]2CCc3cnc4ccnn4c3[C@@]2(C)CCC12OCCO2. The van der Waals surface area contributed by atoms with Crippen molar-refractivity contribution in [1.82, 2.24) is 73.0 Å². The number of Topliss-reactive ketones (excluding diaryl/α,β-unsaturated/α-hetero) is 3. The van der Waals surface area contributed by atoms with Crippen LogP contribution in [0.15, 0.2) is 116 Å². The first-order chi connectivity index (χ1) is 64.6. The van der Waals surface area contributed by atoms with Crippen molar-refractivity contribution in [2.24, 2.45) is 73.4 Å². The maximum Gasteiger partial charge on any atom is 0.173 e. The van der Waals surface area contributed by atoms with Gasteiger partial charge in [0, 0.05) is 170 Å². The quantitative estimate of drug-likeness (QED) is 0.105. The minimum Gasteiger partial charge on any atom is -0.515 e. The topological polar surface area (TPSA) is 316 Å². The van der Waals surface area contributed by atoms with Gasteiger partial charge in [0.15, 0.2) is 63.0 Å². The van der Waals surface area contributed by atoms with Crippen LogP contribution in [0.25, 0.3) is 28.2 Å². The lowest BCUT2D eigenvalue weighted by Gasteiger charge is -2.59. The molecule has 4 saturated heterocycles. The van der Waals surface area contributed by atoms with Crippen molar-refractivity contribution in [3.63, 3.8) is 0 Å². The fourth-order valence-electron chi connectivity index (χ4n) is 31.9. The molecule has 0 amide bonds. The Hall–Kier alpha value is -9.13. The first kappa shape index (κ1) is 93.2. The zero-order chi connectivity index (χ0) is 95.6. The summed E-state index contributed by atoms with van der Waals surface area (Å²) < 4.78 is 58.6. The highest BCUT2D eigenvalue weighted by molar-refractivity contribution is 6.01. The molecule has 11 fully saturated rings. The molecule has 726 valence electrons. The minimum atomic E-state index is -0.530. The molecule has 10 aromatic heterocycles. The molecule has 28 heteroatoms. The lowest BCUT2D eigenvalue weighted by atomic mass is 9.48. The molecule has 28 nitrogen and oxygen atoms in total. The summed E-state index contributed by atoms with van der Waals surface area (Å²) in [4.78, 5) is 62.2. The first-order valence-electron chi connectivity index (χ1n) is 50.7. The van der Waals surface area contributed by atoms with Gasteiger partial charge in [0.1, 0.15) is 5.78 Å². The molecule has 0 unspecified atom stereocenters. The summed E-state index contributed by atoms with van der Waals surface area (Å²) in [5, 5.41) is 40.7. The van der Waals surface area contributed by atoms with Gasteiger partial charge in [-0.05, 0) is 179 Å². The van der Waals surface area contributed by atoms with Gasteiger partial charge in [-0.3, -0.25) is 14.4 Å². The second-order valence-electron chi connectivity index (χ2n) is 47.5. The summed E-state index contributed by atoms with van der Waals surface area (Å²) >= 11 is 0. The maximum atomic E-state index is 12.7. The molecule has 0 radical (unpaired) electrons. The number of carbonyl (C=O) groups is 3. The summed E-state index contributed by atoms with van der Waals surface area (Å²) in [6, 6.07) is 9.82. The van der Waals surface area contributed by atoms with Crippen LogP contribution in [-0.4, -0.2) is 177 Å². The second-order valence-corrected chi connectivity index (χ2v) is 47.5. The standard InChI is InChI=1S/3C19H25N3O2.C18H21N3O2.C17H21N3O.C16H24O4/c1-17(2)14-5-4-13-12-20-15-6-9-21-22(15)16(13)18(14,3)7-8-19(17)23-10-11-24-19;2*1-17(2)14-5-4-13-12-22-15(6-9-20-22)21-16(13)18(14,3)7-8-19(17)23-10-11-24-19;1-17(2)13-5-4-11-9-21-14(6-7-19-21)20-15(11)18(13,3)8-12(10-22)16(17)23;1-16(2)12-5-4-11-10-20-14(7-9-18-20)19-15(11)17(12,3)8-6-13(16)21;1-14(2)12-5-4-11(10-17)13(18)15(12,3)6-7-16(14)19-8-9-20-16/h3*6,9,12,14H,4-5,7-8,10-11H2,1-3H3;6-7,9-10,13,22H,4-5,8H2,1-3H3;7,9-10,12H,4-6,8H2,1-3H3;10,12,17H,4-9H2,1-3H3/b;;;12-10-;;11-10+/t3*14-,18-;13-,18-;12-,17-;12-,15-/m000000/s1. The molecule has 26 rings (SSSR count). The van der Waals surface area contributed by atoms with Gasteiger partial charge in [-0.1, -0.05) is 125 Å². The number of ketones is 3. The number of aliphatic hydroxyl groups excluding tert-OH is 2. The van der Waals surface area contributed by atoms with Gasteiger partial charge in [0.2, 0.25) is 0 Å². The molecule has 12 aliphatic carbocycles. The minimum absolute atomic E-state index is 0.0109. The molecule has 4 spiro atoms. The average molecular weight is 1860 g/mol. The Morgan fingerprint density at radius 1 is 0.316 bits per heavy atom. The highest BCUT2D eigenvalue weighted by atomic mass is 16.8. The third-order valence-electron chi connectivity index (χ3n) is 39.1. The van der Waals surface area contributed by atoms with Crippen molar-refractivity contribution >= 4 is 45.6 Å². The second kappa shape index (κ2) is 32.5. The fourth-order valence-corrected chi connectivity index (χ4v) is 31.9. The van der Waals surface area contributed by atoms with Gasteiger partial charge in [0.25, 0.3) is 0 Å². The third kappa shape index (κ3) is 13.6. The fraction of sp³-hybridized carbons (Fsp3) is 0.657. The summed E-state index contributed by atoms with van der Waals surface area (Å²) in [7, 11) is 0. The molecule has 10 aromatic rings. The molecule has 0 bridgehead atoms. The number of hydrogen-bond donors (Lipinski definition) is 2. The predicted octanol–water partition coefficient (Wildman–Crippen LogP) is 18.2. The number of carbonyl (C=O) groups excluding carboxylic acids is 3. The van der Waals surface area contributed by atoms with Crippen molar-refractivity contribution in [1.29, 1.82) is 0 Å². The number of aryl methyl sites for hydroxylation is 5. The molecule has 136 heavy (non-hydrogen) atoms. The Morgan fingerprint density at radius 3 is 1.01 bits per heavy atom. The number of ether oxygens (including phenoxy) is 8. The van der Waals surface area contributed by atoms with Crippen LogP contribution in [0, 0.1) is 73.4 Å². The van der Waals surface area contributed by atoms with Crippen molar-refractivity contribution in [2.45, 2.75) is 323 Å². The number of hydrogen-bond acceptors (Lipinski definition) is 23. The third-order valence-corrected chi connectivity index (χ3v) is 39.1. The monoisotopic (exact) mass is 1860 g/mol. The van der Waals surface area contributed by atoms with E-state index in [1.54, 1.807) is 12.4 Å². The molecule has 0 aromatic carbocycles. The number of allylic oxidation sites excluding steroid dienone is 2. The van der Waals surface area contributed by atoms with E-state index in [1.807, 2.05) is 87.8 Å². The van der Waals surface area contributed by atoms with Crippen molar-refractivity contribution in [3.05, 3.63) is 172 Å². The molecule has 14 heterocycles. The van der Waals surface area contributed by atoms with E-state index in [9.17, 15) is 24.6 Å². The van der Waals surface area contributed by atoms with E-state index in [-0.39, 0.29) is 77.6 Å². The van der Waals surface area contributed by atoms with Crippen LogP contribution in [0.2, 0.25) is 0 Å². The van der Waals surface area contributed by atoms with Crippen LogP contribution in [0.3, 0.4) is 0 Å². The largest absolute Gasteiger partial charge is 0.515 e. The molecule has 2 N–H and O–H groups in total. The van der Waals surface area contributed by atoms with Gasteiger partial charge < -0.3 is 48.1 Å². The molecular weight excluding hydrogens is 1720 g/mol. The maximum absolute atomic E-state index is 12.7. The highest BCUT2D eigenvalue weighted by Crippen LogP contribution is 2.69. The van der Waals surface area contributed by atoms with E-state index >= 15 is 0 Å². The number of fused-ring (bicyclic) bond motifs is 22. The van der Waals surface area contributed by atoms with Gasteiger partial charge in [-0.2, -0.15) is 25.5 Å². The normalized spacial score (nSPS) is 33.9. The Labute approximate surface area is 797 Å². The Balaban J connectivity index is 0.0000000977. The van der Waals surface area contributed by atoms with E-state index in [0.29, 0.717) is 73.1 Å². The van der Waals surface area contributed by atoms with E-state index in [1.165, 1.54) is 50.6 Å². The van der Waals surface area contributed by atoms with Crippen molar-refractivity contribution in [2.75, 3.05) is 52.9 Å². The van der Waals surface area contributed by atoms with Crippen LogP contribution in [0.4, 0.5) is 0 Å². The first-order valence-corrected chi connectivity index (χ1v) is 50.7. The van der Waals surface area contributed by atoms with E-state index in [0.717, 1.165) is 215 Å². The van der Waals surface area contributed by atoms with Gasteiger partial charge in [-0.25, -0.2) is 47.5 Å². The van der Waals surface area contributed by atoms with Crippen LogP contribution >= 0.6 is 0 Å². The molecular formula is C108H141N15O13. The van der Waals surface area contributed by atoms with Crippen LogP contribution in [0.5, 0.6) is 0 Å². The molecule has 7 saturated carbocycles. The lowest BCUT2D eigenvalue weighted by molar-refractivity contribution is -0.281. The molecule has 16 aliphatic rings. The summed E-state index contributed by atoms with van der Waals surface area (Å²) in [5.74, 6) is 1.16. The van der Waals surface area contributed by atoms with E-state index in [4.69, 9.17) is 57.8 Å². The smallest absolute Gasteiger partial charge is 0.173 e. The Morgan fingerprint density at radius 2 is 0.625 bits per heavy atom. The summed E-state index contributed by atoms with van der Waals surface area (Å²) in [5.41, 5.74) is 16.9. The van der Waals surface area contributed by atoms with Crippen molar-refractivity contribution in [3.8, 4) is 0 Å². The number of rotatable bonds is 0. The zero-order valence-electron chi connectivity index (χ0n) is 83.3. The zero-order valence-corrected chi connectivity index (χ0v) is 83.3. The van der Waals surface area contributed by atoms with Crippen molar-refractivity contribution < 1.29 is 62.5 Å². The van der Waals surface area contributed by atoms with Crippen LogP contribution in [-0.2, 0) is 111 Å². The average Bonchev–Trinajstić information content (AvgIpc) is 1.44. The van der Waals surface area contributed by atoms with Gasteiger partial charge in [-0.15, -0.1) is 0 Å². The predicted molar refractivity (Wildman–Crippen MR) is 510 cm³/mol. The van der Waals surface area contributed by atoms with Crippen LogP contribution < -0.4 is 0 Å². The number of aliphatic hydroxyl groups is 2. The van der Waals surface area contributed by atoms with E-state index < -0.39 is 34.0 Å². The highest BCUT2D eigenvalue weighted by Gasteiger charge is 2.70. The molecule has 4 aliphatic heterocycles. The van der Waals surface area contributed by atoms with E-state index in [2.05, 4.69) is 170 Å². The summed E-state index contributed by atoms with van der Waals surface area (Å²) in [6.45, 7) is 46.0. The summed E-state index contributed by atoms with van der Waals surface area (Å²) in [6.07, 6.45) is 43.4. The van der Waals surface area contributed by atoms with Gasteiger partial charge >= 0.3 is 0 Å². The number of aromatic nitrogens is 15. The molecule has 12 atom stereocenters. The Bertz CT molecular complexity index is 6300. The van der Waals surface area contributed by atoms with Crippen LogP contribution in [0.1, 0.15) is 296 Å².